The largest absolute Gasteiger partial charge is 0.370 e. The second-order valence-corrected chi connectivity index (χ2v) is 5.52. The van der Waals surface area contributed by atoms with Gasteiger partial charge >= 0.3 is 0 Å². The molecule has 2 amide bonds. The highest BCUT2D eigenvalue weighted by Gasteiger charge is 2.19. The maximum Gasteiger partial charge on any atom is 0.270 e. The van der Waals surface area contributed by atoms with Crippen LogP contribution in [0.4, 0.5) is 0 Å². The molecule has 0 aliphatic carbocycles. The molecule has 0 saturated carbocycles. The molecule has 0 aromatic heterocycles. The van der Waals surface area contributed by atoms with E-state index < -0.39 is 6.23 Å². The lowest BCUT2D eigenvalue weighted by molar-refractivity contribution is -0.139. The van der Waals surface area contributed by atoms with Crippen LogP contribution in [0.25, 0.3) is 0 Å². The van der Waals surface area contributed by atoms with Crippen LogP contribution in [0.1, 0.15) is 32.1 Å². The molecule has 10 nitrogen and oxygen atoms in total. The van der Waals surface area contributed by atoms with E-state index in [1.54, 1.807) is 0 Å². The first-order chi connectivity index (χ1) is 12.0. The molecule has 0 aromatic rings. The van der Waals surface area contributed by atoms with Gasteiger partial charge in [0.05, 0.1) is 0 Å². The Hall–Kier alpha value is -1.91. The predicted octanol–water partition coefficient (Wildman–Crippen LogP) is -1.83. The number of methoxy groups -OCH3 is 1. The third-order valence-corrected chi connectivity index (χ3v) is 3.30. The third-order valence-electron chi connectivity index (χ3n) is 3.30. The minimum atomic E-state index is -1.00. The summed E-state index contributed by atoms with van der Waals surface area (Å²) in [7, 11) is 1.36. The number of hydrogen-bond donors (Lipinski definition) is 7. The number of hydrogen-bond acceptors (Lipinski definition) is 6. The average Bonchev–Trinajstić information content (AvgIpc) is 2.58. The molecule has 0 fully saturated rings. The molecule has 0 aliphatic rings. The zero-order valence-electron chi connectivity index (χ0n) is 15.0. The quantitative estimate of drug-likeness (QED) is 0.0781. The molecule has 0 saturated heterocycles. The van der Waals surface area contributed by atoms with Crippen LogP contribution >= 0.6 is 0 Å². The highest BCUT2D eigenvalue weighted by Crippen LogP contribution is 1.93. The molecule has 0 spiro atoms. The summed E-state index contributed by atoms with van der Waals surface area (Å²) in [6, 6.07) is 0. The van der Waals surface area contributed by atoms with Crippen molar-refractivity contribution in [1.29, 1.82) is 5.41 Å². The standard InChI is InChI=1S/C15H33N7O3/c1-25-14(22-12(23)6-4-11-21-15(17)18)13(24)20-10-3-2-8-19-9-5-7-16/h14,19H,2-11,16H2,1H3,(H,20,24)(H,22,23)(H4,17,18,21). The van der Waals surface area contributed by atoms with Crippen molar-refractivity contribution in [1.82, 2.24) is 21.3 Å². The number of nitrogens with two attached hydrogens (primary N) is 2. The van der Waals surface area contributed by atoms with Crippen LogP contribution in [-0.2, 0) is 14.3 Å². The van der Waals surface area contributed by atoms with Gasteiger partial charge in [-0.3, -0.25) is 15.0 Å². The molecular weight excluding hydrogens is 326 g/mol. The van der Waals surface area contributed by atoms with Gasteiger partial charge in [0.1, 0.15) is 0 Å². The van der Waals surface area contributed by atoms with Crippen LogP contribution in [0.15, 0.2) is 0 Å². The Morgan fingerprint density at radius 1 is 1.04 bits per heavy atom. The zero-order valence-corrected chi connectivity index (χ0v) is 15.0. The highest BCUT2D eigenvalue weighted by molar-refractivity contribution is 5.86. The summed E-state index contributed by atoms with van der Waals surface area (Å²) >= 11 is 0. The summed E-state index contributed by atoms with van der Waals surface area (Å²) in [5, 5.41) is 18.1. The Bertz CT molecular complexity index is 393. The van der Waals surface area contributed by atoms with Crippen molar-refractivity contribution in [2.24, 2.45) is 11.5 Å². The number of unbranched alkanes of at least 4 members (excludes halogenated alkanes) is 1. The predicted molar refractivity (Wildman–Crippen MR) is 96.9 cm³/mol. The first kappa shape index (κ1) is 23.1. The summed E-state index contributed by atoms with van der Waals surface area (Å²) in [6.45, 7) is 3.42. The Kier molecular flexibility index (Phi) is 14.4. The lowest BCUT2D eigenvalue weighted by Crippen LogP contribution is -2.48. The van der Waals surface area contributed by atoms with Gasteiger partial charge in [0, 0.05) is 26.6 Å². The Morgan fingerprint density at radius 2 is 1.68 bits per heavy atom. The van der Waals surface area contributed by atoms with Crippen LogP contribution in [0.3, 0.4) is 0 Å². The van der Waals surface area contributed by atoms with Crippen molar-refractivity contribution in [2.45, 2.75) is 38.3 Å². The smallest absolute Gasteiger partial charge is 0.270 e. The first-order valence-corrected chi connectivity index (χ1v) is 8.59. The van der Waals surface area contributed by atoms with Crippen molar-refractivity contribution in [2.75, 3.05) is 39.8 Å². The van der Waals surface area contributed by atoms with Crippen LogP contribution < -0.4 is 32.7 Å². The van der Waals surface area contributed by atoms with Crippen LogP contribution in [0, 0.1) is 5.41 Å². The number of carbonyl (C=O) groups is 2. The molecule has 0 aromatic carbocycles. The van der Waals surface area contributed by atoms with Crippen molar-refractivity contribution >= 4 is 17.8 Å². The summed E-state index contributed by atoms with van der Waals surface area (Å²) in [5.74, 6) is -0.797. The van der Waals surface area contributed by atoms with E-state index in [1.165, 1.54) is 7.11 Å². The lowest BCUT2D eigenvalue weighted by Gasteiger charge is -2.17. The van der Waals surface area contributed by atoms with E-state index >= 15 is 0 Å². The van der Waals surface area contributed by atoms with Gasteiger partial charge in [0.25, 0.3) is 5.91 Å². The molecule has 0 radical (unpaired) electrons. The topological polar surface area (TPSA) is 167 Å². The second kappa shape index (κ2) is 15.6. The normalized spacial score (nSPS) is 11.6. The molecule has 1 unspecified atom stereocenters. The van der Waals surface area contributed by atoms with Crippen molar-refractivity contribution in [3.8, 4) is 0 Å². The fraction of sp³-hybridized carbons (Fsp3) is 0.800. The molecule has 0 aliphatic heterocycles. The molecule has 146 valence electrons. The van der Waals surface area contributed by atoms with Crippen molar-refractivity contribution in [3.05, 3.63) is 0 Å². The number of nitrogens with one attached hydrogen (secondary N) is 5. The maximum absolute atomic E-state index is 12.0. The van der Waals surface area contributed by atoms with Gasteiger partial charge in [-0.2, -0.15) is 0 Å². The van der Waals surface area contributed by atoms with E-state index in [4.69, 9.17) is 21.6 Å². The molecule has 25 heavy (non-hydrogen) atoms. The molecule has 0 bridgehead atoms. The monoisotopic (exact) mass is 359 g/mol. The number of rotatable bonds is 15. The fourth-order valence-corrected chi connectivity index (χ4v) is 1.95. The molecule has 0 rings (SSSR count). The van der Waals surface area contributed by atoms with Gasteiger partial charge in [-0.25, -0.2) is 0 Å². The van der Waals surface area contributed by atoms with Gasteiger partial charge in [0.15, 0.2) is 5.96 Å². The maximum atomic E-state index is 12.0. The minimum absolute atomic E-state index is 0.135. The molecule has 0 heterocycles. The summed E-state index contributed by atoms with van der Waals surface area (Å²) in [4.78, 5) is 23.7. The van der Waals surface area contributed by atoms with E-state index in [-0.39, 0.29) is 24.2 Å². The van der Waals surface area contributed by atoms with Gasteiger partial charge in [-0.05, 0) is 45.3 Å². The van der Waals surface area contributed by atoms with E-state index in [2.05, 4.69) is 21.3 Å². The zero-order chi connectivity index (χ0) is 18.9. The second-order valence-electron chi connectivity index (χ2n) is 5.52. The van der Waals surface area contributed by atoms with Gasteiger partial charge in [-0.1, -0.05) is 0 Å². The van der Waals surface area contributed by atoms with Crippen molar-refractivity contribution < 1.29 is 14.3 Å². The van der Waals surface area contributed by atoms with Crippen LogP contribution in [-0.4, -0.2) is 63.8 Å². The van der Waals surface area contributed by atoms with Crippen LogP contribution in [0.5, 0.6) is 0 Å². The van der Waals surface area contributed by atoms with Gasteiger partial charge in [0.2, 0.25) is 12.1 Å². The Balaban J connectivity index is 3.79. The van der Waals surface area contributed by atoms with E-state index in [9.17, 15) is 9.59 Å². The summed E-state index contributed by atoms with van der Waals surface area (Å²) < 4.78 is 5.01. The molecule has 10 heteroatoms. The minimum Gasteiger partial charge on any atom is -0.370 e. The highest BCUT2D eigenvalue weighted by atomic mass is 16.5. The van der Waals surface area contributed by atoms with Gasteiger partial charge < -0.3 is 37.5 Å². The first-order valence-electron chi connectivity index (χ1n) is 8.59. The van der Waals surface area contributed by atoms with Crippen LogP contribution in [0.2, 0.25) is 0 Å². The number of ether oxygens (including phenoxy) is 1. The summed E-state index contributed by atoms with van der Waals surface area (Å²) in [5.41, 5.74) is 10.5. The van der Waals surface area contributed by atoms with Crippen molar-refractivity contribution in [3.63, 3.8) is 0 Å². The summed E-state index contributed by atoms with van der Waals surface area (Å²) in [6.07, 6.45) is 2.44. The lowest BCUT2D eigenvalue weighted by atomic mass is 10.3. The average molecular weight is 359 g/mol. The molecule has 1 atom stereocenters. The van der Waals surface area contributed by atoms with E-state index in [0.29, 0.717) is 26.1 Å². The fourth-order valence-electron chi connectivity index (χ4n) is 1.95. The number of amides is 2. The Morgan fingerprint density at radius 3 is 2.32 bits per heavy atom. The van der Waals surface area contributed by atoms with E-state index in [0.717, 1.165) is 32.4 Å². The van der Waals surface area contributed by atoms with Gasteiger partial charge in [-0.15, -0.1) is 0 Å². The molecule has 9 N–H and O–H groups in total. The third kappa shape index (κ3) is 14.2. The SMILES string of the molecule is COC(NC(=O)CCCNC(=N)N)C(=O)NCCCCNCCCN. The number of guanidine groups is 1. The molecular formula is C15H33N7O3. The Labute approximate surface area is 149 Å². The number of carbonyl (C=O) groups excluding carboxylic acids is 2. The van der Waals surface area contributed by atoms with E-state index in [1.807, 2.05) is 0 Å².